The zero-order valence-corrected chi connectivity index (χ0v) is 37.2. The van der Waals surface area contributed by atoms with Gasteiger partial charge in [0, 0.05) is 23.3 Å². The summed E-state index contributed by atoms with van der Waals surface area (Å²) in [6.07, 6.45) is 4.93. The fraction of sp³-hybridized carbons (Fsp3) is 0.659. The molecular formula is C44H68O7Si2. The number of hydrogen-bond acceptors (Lipinski definition) is 7. The normalized spacial score (nSPS) is 23.2. The molecule has 0 saturated carbocycles. The second-order valence-corrected chi connectivity index (χ2v) is 28.6. The van der Waals surface area contributed by atoms with E-state index in [1.54, 1.807) is 0 Å². The lowest BCUT2D eigenvalue weighted by molar-refractivity contribution is -0.173. The lowest BCUT2D eigenvalue weighted by Crippen LogP contribution is -2.57. The summed E-state index contributed by atoms with van der Waals surface area (Å²) in [5.41, 5.74) is 4.05. The summed E-state index contributed by atoms with van der Waals surface area (Å²) < 4.78 is 40.1. The van der Waals surface area contributed by atoms with E-state index in [4.69, 9.17) is 27.5 Å². The predicted octanol–water partition coefficient (Wildman–Crippen LogP) is 11.9. The van der Waals surface area contributed by atoms with Crippen molar-refractivity contribution in [1.29, 1.82) is 0 Å². The van der Waals surface area contributed by atoms with E-state index in [1.165, 1.54) is 0 Å². The third-order valence-electron chi connectivity index (χ3n) is 12.6. The van der Waals surface area contributed by atoms with Crippen LogP contribution in [0, 0.1) is 5.92 Å². The number of esters is 1. The molecule has 7 nitrogen and oxygen atoms in total. The molecule has 2 aliphatic heterocycles. The molecule has 2 saturated heterocycles. The highest BCUT2D eigenvalue weighted by Gasteiger charge is 2.71. The first-order valence-corrected chi connectivity index (χ1v) is 25.9. The number of carbonyl (C=O) groups is 1. The third kappa shape index (κ3) is 8.54. The first kappa shape index (κ1) is 41.7. The van der Waals surface area contributed by atoms with Crippen LogP contribution in [0.3, 0.4) is 0 Å². The molecule has 2 unspecified atom stereocenters. The third-order valence-corrected chi connectivity index (χ3v) is 21.5. The van der Waals surface area contributed by atoms with Gasteiger partial charge in [-0.15, -0.1) is 0 Å². The number of hydrogen-bond donors (Lipinski definition) is 0. The molecule has 0 aliphatic carbocycles. The Kier molecular flexibility index (Phi) is 12.3. The fourth-order valence-corrected chi connectivity index (χ4v) is 9.58. The Labute approximate surface area is 322 Å². The Balaban J connectivity index is 1.61. The summed E-state index contributed by atoms with van der Waals surface area (Å²) >= 11 is 0. The monoisotopic (exact) mass is 764 g/mol. The van der Waals surface area contributed by atoms with Crippen LogP contribution in [-0.2, 0) is 42.8 Å². The Bertz CT molecular complexity index is 1720. The van der Waals surface area contributed by atoms with Gasteiger partial charge in [-0.25, -0.2) is 4.79 Å². The van der Waals surface area contributed by atoms with Crippen molar-refractivity contribution in [3.05, 3.63) is 64.9 Å². The van der Waals surface area contributed by atoms with Gasteiger partial charge in [0.05, 0.1) is 24.5 Å². The number of ether oxygens (including phenoxy) is 3. The average Bonchev–Trinajstić information content (AvgIpc) is 3.66. The second kappa shape index (κ2) is 15.6. The van der Waals surface area contributed by atoms with Crippen molar-refractivity contribution < 1.29 is 32.3 Å². The van der Waals surface area contributed by atoms with Gasteiger partial charge in [-0.2, -0.15) is 0 Å². The van der Waals surface area contributed by atoms with E-state index in [-0.39, 0.29) is 40.3 Å². The number of carbonyl (C=O) groups excluding carboxylic acids is 1. The first-order valence-electron chi connectivity index (χ1n) is 20.1. The topological polar surface area (TPSA) is 79.7 Å². The van der Waals surface area contributed by atoms with E-state index in [9.17, 15) is 4.79 Å². The molecule has 3 heterocycles. The maximum Gasteiger partial charge on any atom is 0.344 e. The van der Waals surface area contributed by atoms with Gasteiger partial charge < -0.3 is 27.5 Å². The van der Waals surface area contributed by atoms with Gasteiger partial charge in [0.25, 0.3) is 0 Å². The van der Waals surface area contributed by atoms with Gasteiger partial charge in [0.15, 0.2) is 16.6 Å². The molecule has 0 amide bonds. The molecule has 2 fully saturated rings. The predicted molar refractivity (Wildman–Crippen MR) is 220 cm³/mol. The van der Waals surface area contributed by atoms with Crippen LogP contribution >= 0.6 is 0 Å². The average molecular weight is 765 g/mol. The lowest BCUT2D eigenvalue weighted by Gasteiger charge is -2.44. The van der Waals surface area contributed by atoms with Gasteiger partial charge in [-0.05, 0) is 78.6 Å². The minimum absolute atomic E-state index is 0.0127. The van der Waals surface area contributed by atoms with Crippen LogP contribution in [0.4, 0.5) is 0 Å². The zero-order valence-electron chi connectivity index (χ0n) is 35.2. The Morgan fingerprint density at radius 1 is 0.943 bits per heavy atom. The van der Waals surface area contributed by atoms with Gasteiger partial charge >= 0.3 is 5.97 Å². The van der Waals surface area contributed by atoms with Crippen molar-refractivity contribution in [2.45, 2.75) is 181 Å². The van der Waals surface area contributed by atoms with E-state index >= 15 is 0 Å². The SMILES string of the molecule is CCC[C@H](c1coc2c(CO[Si](C)(C)C(C)(C)C)c(OCc3ccccc3)c(CC(C)C)cc12)[C@H]1C[C@@H](O[Si](C)(C)C(C)(C)C)C2(OC2CC)C(=O)O1. The maximum atomic E-state index is 14.1. The molecule has 294 valence electrons. The zero-order chi connectivity index (χ0) is 39.1. The fourth-order valence-electron chi connectivity index (χ4n) is 7.30. The molecule has 0 bridgehead atoms. The molecule has 0 N–H and O–H groups in total. The molecule has 3 aromatic rings. The van der Waals surface area contributed by atoms with Crippen LogP contribution in [0.25, 0.3) is 11.0 Å². The first-order chi connectivity index (χ1) is 24.7. The highest BCUT2D eigenvalue weighted by Crippen LogP contribution is 2.53. The van der Waals surface area contributed by atoms with Crippen molar-refractivity contribution in [3.8, 4) is 5.75 Å². The van der Waals surface area contributed by atoms with E-state index < -0.39 is 22.2 Å². The van der Waals surface area contributed by atoms with E-state index in [0.29, 0.717) is 25.6 Å². The molecule has 1 spiro atoms. The van der Waals surface area contributed by atoms with Crippen molar-refractivity contribution in [1.82, 2.24) is 0 Å². The molecule has 2 aliphatic rings. The number of epoxide rings is 1. The Morgan fingerprint density at radius 2 is 1.60 bits per heavy atom. The van der Waals surface area contributed by atoms with Crippen LogP contribution in [0.1, 0.15) is 123 Å². The van der Waals surface area contributed by atoms with Crippen LogP contribution in [-0.4, -0.2) is 46.5 Å². The number of benzene rings is 2. The minimum atomic E-state index is -2.24. The highest BCUT2D eigenvalue weighted by molar-refractivity contribution is 6.74. The molecule has 2 aromatic carbocycles. The number of cyclic esters (lactones) is 1. The molecule has 5 rings (SSSR count). The molecule has 5 atom stereocenters. The molecule has 1 aromatic heterocycles. The summed E-state index contributed by atoms with van der Waals surface area (Å²) in [4.78, 5) is 14.1. The van der Waals surface area contributed by atoms with Gasteiger partial charge in [-0.3, -0.25) is 0 Å². The largest absolute Gasteiger partial charge is 0.488 e. The number of furan rings is 1. The lowest BCUT2D eigenvalue weighted by atomic mass is 9.81. The van der Waals surface area contributed by atoms with Crippen LogP contribution in [0.5, 0.6) is 5.75 Å². The Morgan fingerprint density at radius 3 is 2.17 bits per heavy atom. The van der Waals surface area contributed by atoms with Gasteiger partial charge in [0.2, 0.25) is 5.60 Å². The summed E-state index contributed by atoms with van der Waals surface area (Å²) in [7, 11) is -4.38. The maximum absolute atomic E-state index is 14.1. The smallest absolute Gasteiger partial charge is 0.344 e. The van der Waals surface area contributed by atoms with Crippen molar-refractivity contribution in [2.24, 2.45) is 5.92 Å². The van der Waals surface area contributed by atoms with Crippen molar-refractivity contribution in [2.75, 3.05) is 0 Å². The summed E-state index contributed by atoms with van der Waals surface area (Å²) in [5.74, 6) is 0.895. The number of fused-ring (bicyclic) bond motifs is 1. The summed E-state index contributed by atoms with van der Waals surface area (Å²) in [5, 5.41) is 1.08. The Hall–Kier alpha value is -2.44. The number of rotatable bonds is 15. The van der Waals surface area contributed by atoms with E-state index in [2.05, 4.69) is 114 Å². The standard InChI is InChI=1S/C44H68O7Si2/c1-15-20-32(36-25-38(51-53(13,14)43(8,9)10)44(41(45)49-36)37(16-2)50-44)34-27-47-40-33(34)24-31(23-29(3)4)39(46-26-30-21-18-17-19-22-30)35(40)28-48-52(11,12)42(5,6)7/h17-19,21-22,24,27,29,32,36-38H,15-16,20,23,25-26,28H2,1-14H3/t32-,36-,37?,38-,44?/m1/s1. The van der Waals surface area contributed by atoms with Crippen molar-refractivity contribution in [3.63, 3.8) is 0 Å². The second-order valence-electron chi connectivity index (χ2n) is 19.1. The molecular weight excluding hydrogens is 697 g/mol. The summed E-state index contributed by atoms with van der Waals surface area (Å²) in [6.45, 7) is 32.2. The van der Waals surface area contributed by atoms with Gasteiger partial charge in [0.1, 0.15) is 30.1 Å². The molecule has 53 heavy (non-hydrogen) atoms. The van der Waals surface area contributed by atoms with E-state index in [0.717, 1.165) is 64.7 Å². The minimum Gasteiger partial charge on any atom is -0.488 e. The summed E-state index contributed by atoms with van der Waals surface area (Å²) in [6, 6.07) is 12.6. The van der Waals surface area contributed by atoms with Crippen LogP contribution < -0.4 is 4.74 Å². The van der Waals surface area contributed by atoms with Gasteiger partial charge in [-0.1, -0.05) is 106 Å². The quantitative estimate of drug-likeness (QED) is 0.0866. The van der Waals surface area contributed by atoms with Crippen LogP contribution in [0.2, 0.25) is 36.3 Å². The van der Waals surface area contributed by atoms with Crippen molar-refractivity contribution >= 4 is 33.6 Å². The molecule has 0 radical (unpaired) electrons. The highest BCUT2D eigenvalue weighted by atomic mass is 28.4. The van der Waals surface area contributed by atoms with Crippen LogP contribution in [0.15, 0.2) is 47.1 Å². The van der Waals surface area contributed by atoms with E-state index in [1.807, 2.05) is 24.5 Å². The molecule has 9 heteroatoms.